The summed E-state index contributed by atoms with van der Waals surface area (Å²) in [5.74, 6) is -3.36. The highest BCUT2D eigenvalue weighted by Crippen LogP contribution is 2.24. The number of nitrogens with one attached hydrogen (secondary N) is 2. The summed E-state index contributed by atoms with van der Waals surface area (Å²) < 4.78 is 5.59. The fourth-order valence-electron chi connectivity index (χ4n) is 5.53. The number of hydrogen-bond donors (Lipinski definition) is 2. The van der Waals surface area contributed by atoms with Gasteiger partial charge in [-0.25, -0.2) is 0 Å². The van der Waals surface area contributed by atoms with Crippen LogP contribution in [0, 0.1) is 17.8 Å². The van der Waals surface area contributed by atoms with Gasteiger partial charge in [-0.15, -0.1) is 0 Å². The first kappa shape index (κ1) is 35.0. The predicted molar refractivity (Wildman–Crippen MR) is 157 cm³/mol. The summed E-state index contributed by atoms with van der Waals surface area (Å²) in [6, 6.07) is -3.52. The SMILES string of the molecule is CCC(C)[C@@H]1NC(=O)[C@@H]2CCCN2C(=O)[C@@H](CC(C)C)OC(=O)CCNC(=O)[C@H](C)N(C)C(=O)[C@H](C(C)C)N(C)C1=O. The van der Waals surface area contributed by atoms with Crippen molar-refractivity contribution in [2.75, 3.05) is 27.2 Å². The Morgan fingerprint density at radius 2 is 1.55 bits per heavy atom. The molecule has 0 aliphatic carbocycles. The molecule has 0 spiro atoms. The van der Waals surface area contributed by atoms with Gasteiger partial charge in [0.05, 0.1) is 6.42 Å². The van der Waals surface area contributed by atoms with Crippen LogP contribution in [0.2, 0.25) is 0 Å². The van der Waals surface area contributed by atoms with Gasteiger partial charge in [0.25, 0.3) is 5.91 Å². The summed E-state index contributed by atoms with van der Waals surface area (Å²) in [6.07, 6.45) is 0.636. The van der Waals surface area contributed by atoms with E-state index in [1.165, 1.54) is 21.7 Å². The summed E-state index contributed by atoms with van der Waals surface area (Å²) in [7, 11) is 3.04. The maximum absolute atomic E-state index is 13.9. The molecule has 238 valence electrons. The number of nitrogens with zero attached hydrogens (tertiary/aromatic N) is 3. The zero-order valence-electron chi connectivity index (χ0n) is 26.8. The Bertz CT molecular complexity index is 1020. The number of rotatable bonds is 5. The number of likely N-dealkylation sites (N-methyl/N-ethyl adjacent to an activating group) is 2. The summed E-state index contributed by atoms with van der Waals surface area (Å²) in [6.45, 7) is 13.1. The molecule has 2 aliphatic heterocycles. The lowest BCUT2D eigenvalue weighted by molar-refractivity contribution is -0.162. The summed E-state index contributed by atoms with van der Waals surface area (Å²) in [4.78, 5) is 84.6. The van der Waals surface area contributed by atoms with Crippen LogP contribution in [-0.4, -0.2) is 108 Å². The first-order valence-corrected chi connectivity index (χ1v) is 15.2. The largest absolute Gasteiger partial charge is 0.452 e. The third kappa shape index (κ3) is 8.44. The van der Waals surface area contributed by atoms with Crippen LogP contribution < -0.4 is 10.6 Å². The first-order valence-electron chi connectivity index (χ1n) is 15.2. The zero-order chi connectivity index (χ0) is 31.9. The van der Waals surface area contributed by atoms with E-state index in [2.05, 4.69) is 10.6 Å². The molecule has 0 radical (unpaired) electrons. The van der Waals surface area contributed by atoms with E-state index in [0.29, 0.717) is 25.8 Å². The number of amides is 5. The van der Waals surface area contributed by atoms with Crippen molar-refractivity contribution in [2.24, 2.45) is 17.8 Å². The molecule has 5 amide bonds. The van der Waals surface area contributed by atoms with Crippen LogP contribution in [0.5, 0.6) is 0 Å². The molecule has 0 saturated carbocycles. The van der Waals surface area contributed by atoms with E-state index in [4.69, 9.17) is 4.74 Å². The molecule has 2 saturated heterocycles. The molecule has 2 heterocycles. The molecule has 0 aromatic heterocycles. The van der Waals surface area contributed by atoms with Crippen molar-refractivity contribution in [3.05, 3.63) is 0 Å². The number of ether oxygens (including phenoxy) is 1. The molecule has 1 unspecified atom stereocenters. The fourth-order valence-corrected chi connectivity index (χ4v) is 5.53. The molecule has 12 nitrogen and oxygen atoms in total. The van der Waals surface area contributed by atoms with E-state index in [-0.39, 0.29) is 37.1 Å². The van der Waals surface area contributed by atoms with Crippen molar-refractivity contribution in [3.63, 3.8) is 0 Å². The normalized spacial score (nSPS) is 28.6. The molecule has 0 aromatic carbocycles. The van der Waals surface area contributed by atoms with Crippen molar-refractivity contribution in [3.8, 4) is 0 Å². The maximum atomic E-state index is 13.9. The smallest absolute Gasteiger partial charge is 0.308 e. The van der Waals surface area contributed by atoms with Crippen LogP contribution in [0.4, 0.5) is 0 Å². The number of hydrogen-bond acceptors (Lipinski definition) is 7. The average Bonchev–Trinajstić information content (AvgIpc) is 3.42. The molecule has 0 aromatic rings. The lowest BCUT2D eigenvalue weighted by Gasteiger charge is -2.38. The van der Waals surface area contributed by atoms with Crippen LogP contribution in [0.1, 0.15) is 80.6 Å². The Morgan fingerprint density at radius 3 is 2.12 bits per heavy atom. The number of fused-ring (bicyclic) bond motifs is 1. The maximum Gasteiger partial charge on any atom is 0.308 e. The third-order valence-corrected chi connectivity index (χ3v) is 8.44. The first-order chi connectivity index (χ1) is 19.6. The molecule has 42 heavy (non-hydrogen) atoms. The standard InChI is InChI=1S/C30H51N5O7/c1-10-19(6)24-29(40)34(9)25(18(4)5)30(41)33(8)20(7)26(37)31-14-13-23(36)42-22(16-17(2)3)28(39)35-15-11-12-21(35)27(38)32-24/h17-22,24-25H,10-16H2,1-9H3,(H,31,37)(H,32,38)/t19?,20-,21-,22+,24-,25-/m0/s1. The molecule has 2 fully saturated rings. The molecule has 2 N–H and O–H groups in total. The van der Waals surface area contributed by atoms with Crippen LogP contribution >= 0.6 is 0 Å². The molecule has 2 rings (SSSR count). The second-order valence-electron chi connectivity index (χ2n) is 12.5. The Balaban J connectivity index is 2.54. The average molecular weight is 594 g/mol. The van der Waals surface area contributed by atoms with Crippen LogP contribution in [0.15, 0.2) is 0 Å². The van der Waals surface area contributed by atoms with Gasteiger partial charge < -0.3 is 30.1 Å². The molecular weight excluding hydrogens is 542 g/mol. The molecular formula is C30H51N5O7. The van der Waals surface area contributed by atoms with Crippen molar-refractivity contribution in [1.82, 2.24) is 25.3 Å². The minimum Gasteiger partial charge on any atom is -0.452 e. The van der Waals surface area contributed by atoms with Gasteiger partial charge in [0, 0.05) is 27.2 Å². The summed E-state index contributed by atoms with van der Waals surface area (Å²) in [5, 5.41) is 5.57. The Hall–Kier alpha value is -3.18. The van der Waals surface area contributed by atoms with Gasteiger partial charge in [-0.2, -0.15) is 0 Å². The Kier molecular flexibility index (Phi) is 12.8. The molecule has 0 bridgehead atoms. The highest BCUT2D eigenvalue weighted by atomic mass is 16.5. The van der Waals surface area contributed by atoms with Crippen molar-refractivity contribution >= 4 is 35.5 Å². The minimum absolute atomic E-state index is 0.0358. The Labute approximate surface area is 250 Å². The summed E-state index contributed by atoms with van der Waals surface area (Å²) >= 11 is 0. The van der Waals surface area contributed by atoms with E-state index < -0.39 is 65.8 Å². The number of carbonyl (C=O) groups excluding carboxylic acids is 6. The molecule has 2 aliphatic rings. The van der Waals surface area contributed by atoms with Crippen LogP contribution in [-0.2, 0) is 33.5 Å². The second kappa shape index (κ2) is 15.3. The van der Waals surface area contributed by atoms with E-state index in [0.717, 1.165) is 0 Å². The number of esters is 1. The van der Waals surface area contributed by atoms with Gasteiger partial charge in [0.15, 0.2) is 6.10 Å². The lowest BCUT2D eigenvalue weighted by Crippen LogP contribution is -2.60. The van der Waals surface area contributed by atoms with Gasteiger partial charge in [-0.3, -0.25) is 28.8 Å². The lowest BCUT2D eigenvalue weighted by atomic mass is 9.94. The number of carbonyl (C=O) groups is 6. The predicted octanol–water partition coefficient (Wildman–Crippen LogP) is 1.32. The van der Waals surface area contributed by atoms with Crippen LogP contribution in [0.25, 0.3) is 0 Å². The van der Waals surface area contributed by atoms with E-state index in [1.807, 2.05) is 41.5 Å². The molecule has 12 heteroatoms. The third-order valence-electron chi connectivity index (χ3n) is 8.44. The van der Waals surface area contributed by atoms with Crippen LogP contribution in [0.3, 0.4) is 0 Å². The molecule has 6 atom stereocenters. The van der Waals surface area contributed by atoms with E-state index in [9.17, 15) is 28.8 Å². The highest BCUT2D eigenvalue weighted by molar-refractivity contribution is 5.96. The van der Waals surface area contributed by atoms with Gasteiger partial charge in [0.2, 0.25) is 23.6 Å². The van der Waals surface area contributed by atoms with Gasteiger partial charge >= 0.3 is 5.97 Å². The van der Waals surface area contributed by atoms with Crippen molar-refractivity contribution < 1.29 is 33.5 Å². The van der Waals surface area contributed by atoms with Crippen molar-refractivity contribution in [1.29, 1.82) is 0 Å². The van der Waals surface area contributed by atoms with E-state index in [1.54, 1.807) is 14.0 Å². The fraction of sp³-hybridized carbons (Fsp3) is 0.800. The Morgan fingerprint density at radius 1 is 0.905 bits per heavy atom. The quantitative estimate of drug-likeness (QED) is 0.457. The zero-order valence-corrected chi connectivity index (χ0v) is 26.8. The minimum atomic E-state index is -1.07. The number of cyclic esters (lactones) is 1. The van der Waals surface area contributed by atoms with Gasteiger partial charge in [-0.05, 0) is 43.9 Å². The van der Waals surface area contributed by atoms with E-state index >= 15 is 0 Å². The van der Waals surface area contributed by atoms with Gasteiger partial charge in [0.1, 0.15) is 24.2 Å². The van der Waals surface area contributed by atoms with Crippen molar-refractivity contribution in [2.45, 2.75) is 111 Å². The monoisotopic (exact) mass is 593 g/mol. The highest BCUT2D eigenvalue weighted by Gasteiger charge is 2.42. The topological polar surface area (TPSA) is 145 Å². The summed E-state index contributed by atoms with van der Waals surface area (Å²) in [5.41, 5.74) is 0. The van der Waals surface area contributed by atoms with Gasteiger partial charge in [-0.1, -0.05) is 48.0 Å². The second-order valence-corrected chi connectivity index (χ2v) is 12.5.